The Kier molecular flexibility index (Phi) is 5.88. The number of thiazole rings is 1. The summed E-state index contributed by atoms with van der Waals surface area (Å²) in [5.74, 6) is 1.31. The maximum atomic E-state index is 12.2. The first-order valence-corrected chi connectivity index (χ1v) is 9.15. The fourth-order valence-corrected chi connectivity index (χ4v) is 3.37. The van der Waals surface area contributed by atoms with Crippen molar-refractivity contribution in [2.24, 2.45) is 0 Å². The van der Waals surface area contributed by atoms with Crippen molar-refractivity contribution in [3.63, 3.8) is 0 Å². The molecule has 0 saturated heterocycles. The SMILES string of the molecule is COc1ccc(-c2nc(NC(=O)/C=C/c3cccc(OC)c3)sc2C)cc1. The van der Waals surface area contributed by atoms with Crippen LogP contribution in [0, 0.1) is 6.92 Å². The van der Waals surface area contributed by atoms with E-state index < -0.39 is 0 Å². The predicted molar refractivity (Wildman–Crippen MR) is 109 cm³/mol. The Balaban J connectivity index is 1.70. The summed E-state index contributed by atoms with van der Waals surface area (Å²) in [6, 6.07) is 15.2. The Morgan fingerprint density at radius 1 is 1.07 bits per heavy atom. The van der Waals surface area contributed by atoms with E-state index in [9.17, 15) is 4.79 Å². The van der Waals surface area contributed by atoms with Gasteiger partial charge in [-0.15, -0.1) is 11.3 Å². The summed E-state index contributed by atoms with van der Waals surface area (Å²) in [4.78, 5) is 17.8. The summed E-state index contributed by atoms with van der Waals surface area (Å²) in [6.45, 7) is 1.99. The summed E-state index contributed by atoms with van der Waals surface area (Å²) in [7, 11) is 3.25. The number of carbonyl (C=O) groups excluding carboxylic acids is 1. The first kappa shape index (κ1) is 18.7. The molecule has 0 bridgehead atoms. The number of aromatic nitrogens is 1. The molecule has 0 fully saturated rings. The van der Waals surface area contributed by atoms with Crippen LogP contribution in [0.3, 0.4) is 0 Å². The van der Waals surface area contributed by atoms with Crippen molar-refractivity contribution in [2.45, 2.75) is 6.92 Å². The molecule has 0 atom stereocenters. The first-order chi connectivity index (χ1) is 13.1. The normalized spacial score (nSPS) is 10.8. The Labute approximate surface area is 162 Å². The van der Waals surface area contributed by atoms with Crippen molar-refractivity contribution in [3.05, 3.63) is 65.0 Å². The molecular weight excluding hydrogens is 360 g/mol. The highest BCUT2D eigenvalue weighted by Gasteiger charge is 2.11. The molecule has 3 aromatic rings. The Morgan fingerprint density at radius 2 is 1.81 bits per heavy atom. The van der Waals surface area contributed by atoms with Crippen LogP contribution in [-0.4, -0.2) is 25.1 Å². The van der Waals surface area contributed by atoms with Crippen molar-refractivity contribution >= 4 is 28.5 Å². The van der Waals surface area contributed by atoms with Gasteiger partial charge in [0.2, 0.25) is 5.91 Å². The average molecular weight is 380 g/mol. The van der Waals surface area contributed by atoms with Crippen LogP contribution in [0.1, 0.15) is 10.4 Å². The van der Waals surface area contributed by atoms with E-state index in [0.717, 1.165) is 33.2 Å². The lowest BCUT2D eigenvalue weighted by atomic mass is 10.1. The number of benzene rings is 2. The van der Waals surface area contributed by atoms with Crippen molar-refractivity contribution in [1.29, 1.82) is 0 Å². The summed E-state index contributed by atoms with van der Waals surface area (Å²) < 4.78 is 10.4. The lowest BCUT2D eigenvalue weighted by Crippen LogP contribution is -2.07. The number of hydrogen-bond donors (Lipinski definition) is 1. The van der Waals surface area contributed by atoms with Gasteiger partial charge in [0.05, 0.1) is 19.9 Å². The molecule has 6 heteroatoms. The minimum Gasteiger partial charge on any atom is -0.497 e. The van der Waals surface area contributed by atoms with E-state index in [4.69, 9.17) is 9.47 Å². The number of nitrogens with one attached hydrogen (secondary N) is 1. The van der Waals surface area contributed by atoms with E-state index in [1.165, 1.54) is 17.4 Å². The van der Waals surface area contributed by atoms with Gasteiger partial charge in [0.1, 0.15) is 11.5 Å². The number of nitrogens with zero attached hydrogens (tertiary/aromatic N) is 1. The Bertz CT molecular complexity index is 962. The average Bonchev–Trinajstić information content (AvgIpc) is 3.06. The quantitative estimate of drug-likeness (QED) is 0.625. The molecule has 0 aliphatic rings. The maximum Gasteiger partial charge on any atom is 0.250 e. The standard InChI is InChI=1S/C21H20N2O3S/c1-14-20(16-8-10-17(25-2)11-9-16)23-21(27-14)22-19(24)12-7-15-5-4-6-18(13-15)26-3/h4-13H,1-3H3,(H,22,23,24)/b12-7+. The molecule has 0 unspecified atom stereocenters. The van der Waals surface area contributed by atoms with Gasteiger partial charge in [-0.2, -0.15) is 0 Å². The fraction of sp³-hybridized carbons (Fsp3) is 0.143. The number of rotatable bonds is 6. The molecule has 2 aromatic carbocycles. The van der Waals surface area contributed by atoms with E-state index in [1.807, 2.05) is 55.5 Å². The second kappa shape index (κ2) is 8.51. The molecule has 27 heavy (non-hydrogen) atoms. The van der Waals surface area contributed by atoms with Gasteiger partial charge in [-0.05, 0) is 55.0 Å². The molecule has 138 valence electrons. The number of ether oxygens (including phenoxy) is 2. The van der Waals surface area contributed by atoms with E-state index in [1.54, 1.807) is 20.3 Å². The molecule has 3 rings (SSSR count). The van der Waals surface area contributed by atoms with Crippen LogP contribution in [0.15, 0.2) is 54.6 Å². The molecular formula is C21H20N2O3S. The predicted octanol–water partition coefficient (Wildman–Crippen LogP) is 4.79. The van der Waals surface area contributed by atoms with Crippen molar-refractivity contribution in [3.8, 4) is 22.8 Å². The second-order valence-corrected chi connectivity index (χ2v) is 6.95. The Morgan fingerprint density at radius 3 is 2.52 bits per heavy atom. The third-order valence-corrected chi connectivity index (χ3v) is 4.80. The number of anilines is 1. The minimum atomic E-state index is -0.229. The number of methoxy groups -OCH3 is 2. The molecule has 0 saturated carbocycles. The molecule has 0 aliphatic heterocycles. The van der Waals surface area contributed by atoms with E-state index in [-0.39, 0.29) is 5.91 Å². The maximum absolute atomic E-state index is 12.2. The topological polar surface area (TPSA) is 60.5 Å². The zero-order valence-corrected chi connectivity index (χ0v) is 16.2. The first-order valence-electron chi connectivity index (χ1n) is 8.34. The van der Waals surface area contributed by atoms with Crippen molar-refractivity contribution < 1.29 is 14.3 Å². The summed E-state index contributed by atoms with van der Waals surface area (Å²) in [5.41, 5.74) is 2.73. The highest BCUT2D eigenvalue weighted by molar-refractivity contribution is 7.16. The lowest BCUT2D eigenvalue weighted by Gasteiger charge is -2.01. The van der Waals surface area contributed by atoms with Crippen LogP contribution in [0.25, 0.3) is 17.3 Å². The number of amides is 1. The molecule has 1 N–H and O–H groups in total. The van der Waals surface area contributed by atoms with Crippen LogP contribution in [-0.2, 0) is 4.79 Å². The van der Waals surface area contributed by atoms with Gasteiger partial charge >= 0.3 is 0 Å². The van der Waals surface area contributed by atoms with Crippen LogP contribution >= 0.6 is 11.3 Å². The zero-order chi connectivity index (χ0) is 19.2. The van der Waals surface area contributed by atoms with Crippen LogP contribution in [0.4, 0.5) is 5.13 Å². The molecule has 1 aromatic heterocycles. The van der Waals surface area contributed by atoms with Crippen LogP contribution < -0.4 is 14.8 Å². The zero-order valence-electron chi connectivity index (χ0n) is 15.4. The Hall–Kier alpha value is -3.12. The number of aryl methyl sites for hydroxylation is 1. The third-order valence-electron chi connectivity index (χ3n) is 3.91. The second-order valence-electron chi connectivity index (χ2n) is 5.75. The highest BCUT2D eigenvalue weighted by Crippen LogP contribution is 2.31. The van der Waals surface area contributed by atoms with Crippen LogP contribution in [0.2, 0.25) is 0 Å². The molecule has 0 aliphatic carbocycles. The fourth-order valence-electron chi connectivity index (χ4n) is 2.53. The van der Waals surface area contributed by atoms with Gasteiger partial charge in [0.25, 0.3) is 0 Å². The summed E-state index contributed by atoms with van der Waals surface area (Å²) in [5, 5.41) is 3.39. The van der Waals surface area contributed by atoms with Crippen molar-refractivity contribution in [1.82, 2.24) is 4.98 Å². The minimum absolute atomic E-state index is 0.229. The molecule has 1 heterocycles. The van der Waals surface area contributed by atoms with E-state index in [0.29, 0.717) is 5.13 Å². The molecule has 0 spiro atoms. The summed E-state index contributed by atoms with van der Waals surface area (Å²) in [6.07, 6.45) is 3.22. The van der Waals surface area contributed by atoms with Crippen molar-refractivity contribution in [2.75, 3.05) is 19.5 Å². The summed E-state index contributed by atoms with van der Waals surface area (Å²) >= 11 is 1.45. The van der Waals surface area contributed by atoms with Gasteiger partial charge in [0.15, 0.2) is 5.13 Å². The largest absolute Gasteiger partial charge is 0.497 e. The van der Waals surface area contributed by atoms with Gasteiger partial charge in [-0.3, -0.25) is 10.1 Å². The van der Waals surface area contributed by atoms with Gasteiger partial charge < -0.3 is 9.47 Å². The van der Waals surface area contributed by atoms with Gasteiger partial charge in [0, 0.05) is 16.5 Å². The number of hydrogen-bond acceptors (Lipinski definition) is 5. The smallest absolute Gasteiger partial charge is 0.250 e. The molecule has 1 amide bonds. The third kappa shape index (κ3) is 4.74. The lowest BCUT2D eigenvalue weighted by molar-refractivity contribution is -0.111. The molecule has 0 radical (unpaired) electrons. The monoisotopic (exact) mass is 380 g/mol. The van der Waals surface area contributed by atoms with Gasteiger partial charge in [-0.25, -0.2) is 4.98 Å². The van der Waals surface area contributed by atoms with Gasteiger partial charge in [-0.1, -0.05) is 12.1 Å². The molecule has 5 nitrogen and oxygen atoms in total. The van der Waals surface area contributed by atoms with E-state index in [2.05, 4.69) is 10.3 Å². The number of carbonyl (C=O) groups is 1. The highest BCUT2D eigenvalue weighted by atomic mass is 32.1. The van der Waals surface area contributed by atoms with Crippen LogP contribution in [0.5, 0.6) is 11.5 Å². The van der Waals surface area contributed by atoms with E-state index >= 15 is 0 Å².